The number of hydrogen-bond acceptors (Lipinski definition) is 5. The molecule has 0 aromatic heterocycles. The zero-order chi connectivity index (χ0) is 20.5. The highest BCUT2D eigenvalue weighted by atomic mass is 35.5. The first kappa shape index (κ1) is 21.0. The first-order valence-electron chi connectivity index (χ1n) is 8.41. The molecule has 7 heteroatoms. The number of methoxy groups -OCH3 is 1. The molecular weight excluding hydrogens is 373 g/mol. The molecule has 0 bridgehead atoms. The van der Waals surface area contributed by atoms with Gasteiger partial charge in [0.15, 0.2) is 0 Å². The van der Waals surface area contributed by atoms with Gasteiger partial charge in [0.1, 0.15) is 11.4 Å². The van der Waals surface area contributed by atoms with Crippen molar-refractivity contribution in [3.63, 3.8) is 0 Å². The third-order valence-corrected chi connectivity index (χ3v) is 4.39. The summed E-state index contributed by atoms with van der Waals surface area (Å²) in [5.74, 6) is -2.56. The molecule has 0 saturated carbocycles. The first-order valence-corrected chi connectivity index (χ1v) is 8.79. The van der Waals surface area contributed by atoms with Crippen molar-refractivity contribution in [3.8, 4) is 0 Å². The molecule has 1 unspecified atom stereocenters. The summed E-state index contributed by atoms with van der Waals surface area (Å²) in [6, 6.07) is 3.84. The van der Waals surface area contributed by atoms with E-state index in [0.717, 1.165) is 6.07 Å². The number of hydrogen-bond donors (Lipinski definition) is 1. The van der Waals surface area contributed by atoms with Crippen LogP contribution in [0.5, 0.6) is 0 Å². The summed E-state index contributed by atoms with van der Waals surface area (Å²) >= 11 is 6.26. The molecule has 1 heterocycles. The Kier molecular flexibility index (Phi) is 6.00. The van der Waals surface area contributed by atoms with E-state index in [2.05, 4.69) is 5.32 Å². The molecule has 0 spiro atoms. The molecule has 1 aliphatic heterocycles. The number of esters is 2. The van der Waals surface area contributed by atoms with E-state index in [1.807, 2.05) is 0 Å². The minimum Gasteiger partial charge on any atom is -0.466 e. The van der Waals surface area contributed by atoms with Gasteiger partial charge in [-0.2, -0.15) is 0 Å². The number of ether oxygens (including phenoxy) is 2. The average Bonchev–Trinajstić information content (AvgIpc) is 2.51. The molecule has 0 aliphatic carbocycles. The van der Waals surface area contributed by atoms with Crippen LogP contribution < -0.4 is 5.32 Å². The Morgan fingerprint density at radius 3 is 2.15 bits per heavy atom. The first-order chi connectivity index (χ1) is 12.5. The van der Waals surface area contributed by atoms with Gasteiger partial charge >= 0.3 is 11.9 Å². The highest BCUT2D eigenvalue weighted by molar-refractivity contribution is 6.31. The van der Waals surface area contributed by atoms with Gasteiger partial charge in [0.2, 0.25) is 0 Å². The summed E-state index contributed by atoms with van der Waals surface area (Å²) in [6.07, 6.45) is 0. The van der Waals surface area contributed by atoms with Crippen LogP contribution in [0.2, 0.25) is 5.02 Å². The van der Waals surface area contributed by atoms with Gasteiger partial charge in [-0.05, 0) is 52.3 Å². The summed E-state index contributed by atoms with van der Waals surface area (Å²) in [5, 5.41) is 3.13. The lowest BCUT2D eigenvalue weighted by Crippen LogP contribution is -2.34. The van der Waals surface area contributed by atoms with Gasteiger partial charge in [0, 0.05) is 16.4 Å². The number of dihydropyridines is 1. The van der Waals surface area contributed by atoms with E-state index >= 15 is 0 Å². The van der Waals surface area contributed by atoms with Crippen LogP contribution in [0.4, 0.5) is 4.39 Å². The van der Waals surface area contributed by atoms with E-state index in [0.29, 0.717) is 17.0 Å². The second-order valence-corrected chi connectivity index (χ2v) is 7.70. The lowest BCUT2D eigenvalue weighted by Gasteiger charge is -2.32. The molecule has 1 aromatic rings. The lowest BCUT2D eigenvalue weighted by atomic mass is 9.80. The summed E-state index contributed by atoms with van der Waals surface area (Å²) < 4.78 is 24.0. The SMILES string of the molecule is COC(=O)C1=C(C)NC(C)=C(C(=O)OC(C)(C)C)C1c1ccc(F)cc1Cl. The molecule has 1 N–H and O–H groups in total. The van der Waals surface area contributed by atoms with Crippen LogP contribution in [-0.4, -0.2) is 24.6 Å². The average molecular weight is 396 g/mol. The van der Waals surface area contributed by atoms with Crippen LogP contribution in [0.1, 0.15) is 46.1 Å². The number of benzene rings is 1. The molecule has 146 valence electrons. The maximum absolute atomic E-state index is 13.6. The minimum atomic E-state index is -0.846. The van der Waals surface area contributed by atoms with E-state index < -0.39 is 29.3 Å². The molecule has 5 nitrogen and oxygen atoms in total. The maximum Gasteiger partial charge on any atom is 0.337 e. The Hall–Kier alpha value is -2.34. The Balaban J connectivity index is 2.70. The van der Waals surface area contributed by atoms with Crippen molar-refractivity contribution in [2.24, 2.45) is 0 Å². The normalized spacial score (nSPS) is 17.6. The molecule has 27 heavy (non-hydrogen) atoms. The number of carbonyl (C=O) groups is 2. The van der Waals surface area contributed by atoms with Crippen LogP contribution in [0.3, 0.4) is 0 Å². The molecule has 0 amide bonds. The molecule has 0 fully saturated rings. The molecule has 0 saturated heterocycles. The fourth-order valence-electron chi connectivity index (χ4n) is 3.02. The van der Waals surface area contributed by atoms with Gasteiger partial charge in [0.05, 0.1) is 24.2 Å². The Labute approximate surface area is 163 Å². The van der Waals surface area contributed by atoms with Gasteiger partial charge < -0.3 is 14.8 Å². The highest BCUT2D eigenvalue weighted by Gasteiger charge is 2.39. The Bertz CT molecular complexity index is 852. The molecule has 1 atom stereocenters. The number of rotatable bonds is 3. The van der Waals surface area contributed by atoms with Crippen LogP contribution in [-0.2, 0) is 19.1 Å². The Morgan fingerprint density at radius 2 is 1.67 bits per heavy atom. The predicted molar refractivity (Wildman–Crippen MR) is 101 cm³/mol. The van der Waals surface area contributed by atoms with E-state index in [1.54, 1.807) is 34.6 Å². The van der Waals surface area contributed by atoms with Crippen LogP contribution >= 0.6 is 11.6 Å². The summed E-state index contributed by atoms with van der Waals surface area (Å²) in [7, 11) is 1.25. The van der Waals surface area contributed by atoms with Gasteiger partial charge in [0.25, 0.3) is 0 Å². The molecule has 1 aromatic carbocycles. The zero-order valence-electron chi connectivity index (χ0n) is 16.2. The van der Waals surface area contributed by atoms with Crippen molar-refractivity contribution in [1.82, 2.24) is 5.32 Å². The van der Waals surface area contributed by atoms with Crippen molar-refractivity contribution in [2.45, 2.75) is 46.1 Å². The maximum atomic E-state index is 13.6. The number of allylic oxidation sites excluding steroid dienone is 2. The van der Waals surface area contributed by atoms with Gasteiger partial charge in [-0.15, -0.1) is 0 Å². The summed E-state index contributed by atoms with van der Waals surface area (Å²) in [6.45, 7) is 8.66. The Morgan fingerprint density at radius 1 is 1.11 bits per heavy atom. The predicted octanol–water partition coefficient (Wildman–Crippen LogP) is 4.23. The minimum absolute atomic E-state index is 0.102. The van der Waals surface area contributed by atoms with Crippen molar-refractivity contribution >= 4 is 23.5 Å². The van der Waals surface area contributed by atoms with Gasteiger partial charge in [-0.3, -0.25) is 0 Å². The van der Waals surface area contributed by atoms with Crippen molar-refractivity contribution in [1.29, 1.82) is 0 Å². The third-order valence-electron chi connectivity index (χ3n) is 4.06. The number of halogens is 2. The second kappa shape index (κ2) is 7.72. The number of nitrogens with one attached hydrogen (secondary N) is 1. The van der Waals surface area contributed by atoms with Crippen molar-refractivity contribution in [2.75, 3.05) is 7.11 Å². The fraction of sp³-hybridized carbons (Fsp3) is 0.400. The van der Waals surface area contributed by atoms with Crippen LogP contribution in [0.15, 0.2) is 40.7 Å². The van der Waals surface area contributed by atoms with Crippen molar-refractivity contribution < 1.29 is 23.5 Å². The molecule has 1 aliphatic rings. The van der Waals surface area contributed by atoms with E-state index in [1.165, 1.54) is 19.2 Å². The monoisotopic (exact) mass is 395 g/mol. The zero-order valence-corrected chi connectivity index (χ0v) is 17.0. The highest BCUT2D eigenvalue weighted by Crippen LogP contribution is 2.42. The lowest BCUT2D eigenvalue weighted by molar-refractivity contribution is -0.150. The quantitative estimate of drug-likeness (QED) is 0.776. The largest absolute Gasteiger partial charge is 0.466 e. The van der Waals surface area contributed by atoms with Crippen LogP contribution in [0, 0.1) is 5.82 Å². The molecular formula is C20H23ClFNO4. The van der Waals surface area contributed by atoms with E-state index in [4.69, 9.17) is 21.1 Å². The standard InChI is InChI=1S/C20H23ClFNO4/c1-10-15(18(24)26-6)17(13-8-7-12(22)9-14(13)21)16(11(2)23-10)19(25)27-20(3,4)5/h7-9,17,23H,1-6H3. The van der Waals surface area contributed by atoms with Crippen LogP contribution in [0.25, 0.3) is 0 Å². The van der Waals surface area contributed by atoms with E-state index in [-0.39, 0.29) is 16.2 Å². The van der Waals surface area contributed by atoms with Crippen molar-refractivity contribution in [3.05, 3.63) is 57.1 Å². The third kappa shape index (κ3) is 4.50. The number of carbonyl (C=O) groups excluding carboxylic acids is 2. The fourth-order valence-corrected chi connectivity index (χ4v) is 3.30. The molecule has 0 radical (unpaired) electrons. The van der Waals surface area contributed by atoms with Gasteiger partial charge in [-0.1, -0.05) is 17.7 Å². The second-order valence-electron chi connectivity index (χ2n) is 7.29. The van der Waals surface area contributed by atoms with Gasteiger partial charge in [-0.25, -0.2) is 14.0 Å². The summed E-state index contributed by atoms with van der Waals surface area (Å²) in [5.41, 5.74) is 1.18. The smallest absolute Gasteiger partial charge is 0.337 e. The molecule has 2 rings (SSSR count). The summed E-state index contributed by atoms with van der Waals surface area (Å²) in [4.78, 5) is 25.4. The topological polar surface area (TPSA) is 64.6 Å². The van der Waals surface area contributed by atoms with E-state index in [9.17, 15) is 14.0 Å².